The van der Waals surface area contributed by atoms with Gasteiger partial charge in [-0.2, -0.15) is 0 Å². The summed E-state index contributed by atoms with van der Waals surface area (Å²) in [4.78, 5) is 7.14. The van der Waals surface area contributed by atoms with Gasteiger partial charge < -0.3 is 18.2 Å². The third-order valence-corrected chi connectivity index (χ3v) is 10.3. The maximum Gasteiger partial charge on any atom is 0.227 e. The Hall–Kier alpha value is -7.37. The molecule has 254 valence electrons. The highest BCUT2D eigenvalue weighted by Crippen LogP contribution is 2.46. The Morgan fingerprint density at radius 2 is 1.06 bits per heavy atom. The third kappa shape index (κ3) is 4.83. The SMILES string of the molecule is c1ccc(-c2ccc(N(c3cccc(-c4cccc5oc6ccccc6c45)c3)c3cccc4c3oc3ccc5nc(-c6ccccc6)oc5c34)cc2)cc1. The summed E-state index contributed by atoms with van der Waals surface area (Å²) >= 11 is 0. The van der Waals surface area contributed by atoms with Crippen LogP contribution in [0, 0.1) is 0 Å². The topological polar surface area (TPSA) is 55.6 Å². The number of hydrogen-bond donors (Lipinski definition) is 0. The molecule has 0 atom stereocenters. The van der Waals surface area contributed by atoms with Crippen LogP contribution in [0.1, 0.15) is 0 Å². The third-order valence-electron chi connectivity index (χ3n) is 10.3. The molecule has 0 amide bonds. The molecule has 0 fully saturated rings. The van der Waals surface area contributed by atoms with Crippen LogP contribution in [0.4, 0.5) is 17.1 Å². The fourth-order valence-corrected chi connectivity index (χ4v) is 7.82. The largest absolute Gasteiger partial charge is 0.456 e. The van der Waals surface area contributed by atoms with Gasteiger partial charge in [-0.15, -0.1) is 0 Å². The van der Waals surface area contributed by atoms with Gasteiger partial charge in [-0.05, 0) is 89.0 Å². The summed E-state index contributed by atoms with van der Waals surface area (Å²) in [6.07, 6.45) is 0. The van der Waals surface area contributed by atoms with Crippen LogP contribution in [0.2, 0.25) is 0 Å². The molecule has 54 heavy (non-hydrogen) atoms. The molecule has 0 unspecified atom stereocenters. The van der Waals surface area contributed by atoms with Crippen molar-refractivity contribution in [3.63, 3.8) is 0 Å². The number of rotatable bonds is 6. The van der Waals surface area contributed by atoms with Gasteiger partial charge in [0.05, 0.1) is 11.1 Å². The Labute approximate surface area is 309 Å². The molecular formula is C49H30N2O3. The van der Waals surface area contributed by atoms with Gasteiger partial charge in [-0.1, -0.05) is 115 Å². The first-order chi connectivity index (χ1) is 26.8. The molecule has 0 bridgehead atoms. The number of oxazole rings is 1. The molecule has 0 aliphatic heterocycles. The van der Waals surface area contributed by atoms with Crippen molar-refractivity contribution in [2.24, 2.45) is 0 Å². The summed E-state index contributed by atoms with van der Waals surface area (Å²) in [6, 6.07) is 62.7. The van der Waals surface area contributed by atoms with Crippen molar-refractivity contribution in [2.45, 2.75) is 0 Å². The minimum atomic E-state index is 0.584. The van der Waals surface area contributed by atoms with E-state index in [-0.39, 0.29) is 0 Å². The lowest BCUT2D eigenvalue weighted by molar-refractivity contribution is 0.622. The van der Waals surface area contributed by atoms with Crippen LogP contribution in [0.5, 0.6) is 0 Å². The van der Waals surface area contributed by atoms with Gasteiger partial charge in [0.1, 0.15) is 22.3 Å². The summed E-state index contributed by atoms with van der Waals surface area (Å²) in [5.74, 6) is 0.584. The molecule has 0 aliphatic carbocycles. The highest BCUT2D eigenvalue weighted by molar-refractivity contribution is 6.19. The number of furan rings is 2. The minimum absolute atomic E-state index is 0.584. The van der Waals surface area contributed by atoms with Crippen LogP contribution in [0.25, 0.3) is 88.7 Å². The standard InChI is InChI=1S/C49H30N2O3/c1-3-12-31(13-4-1)32-24-26-35(27-25-32)51(36-17-9-16-34(30-36)37-19-11-23-43-45(37)38-18-7-8-22-42(38)52-43)41-21-10-20-39-46-44(53-47(39)41)29-28-40-48(46)54-49(50-40)33-14-5-2-6-15-33/h1-30H. The number of fused-ring (bicyclic) bond motifs is 8. The molecule has 5 nitrogen and oxygen atoms in total. The lowest BCUT2D eigenvalue weighted by Gasteiger charge is -2.26. The molecule has 8 aromatic carbocycles. The second-order valence-electron chi connectivity index (χ2n) is 13.5. The highest BCUT2D eigenvalue weighted by atomic mass is 16.4. The lowest BCUT2D eigenvalue weighted by atomic mass is 9.98. The number of para-hydroxylation sites is 2. The fourth-order valence-electron chi connectivity index (χ4n) is 7.82. The Bertz CT molecular complexity index is 3160. The van der Waals surface area contributed by atoms with Crippen molar-refractivity contribution in [3.05, 3.63) is 182 Å². The Kier molecular flexibility index (Phi) is 6.79. The van der Waals surface area contributed by atoms with Gasteiger partial charge in [-0.3, -0.25) is 0 Å². The molecule has 0 aliphatic rings. The van der Waals surface area contributed by atoms with Crippen molar-refractivity contribution >= 4 is 72.0 Å². The molecule has 0 saturated heterocycles. The molecule has 11 aromatic rings. The number of hydrogen-bond acceptors (Lipinski definition) is 5. The number of anilines is 3. The number of aromatic nitrogens is 1. The highest BCUT2D eigenvalue weighted by Gasteiger charge is 2.23. The van der Waals surface area contributed by atoms with E-state index in [1.54, 1.807) is 0 Å². The van der Waals surface area contributed by atoms with Crippen molar-refractivity contribution in [3.8, 4) is 33.7 Å². The Morgan fingerprint density at radius 3 is 1.91 bits per heavy atom. The molecular weight excluding hydrogens is 665 g/mol. The summed E-state index contributed by atoms with van der Waals surface area (Å²) in [7, 11) is 0. The first-order valence-corrected chi connectivity index (χ1v) is 18.0. The van der Waals surface area contributed by atoms with Crippen molar-refractivity contribution < 1.29 is 13.3 Å². The molecule has 0 spiro atoms. The first-order valence-electron chi connectivity index (χ1n) is 18.0. The molecule has 3 aromatic heterocycles. The zero-order valence-corrected chi connectivity index (χ0v) is 28.9. The van der Waals surface area contributed by atoms with E-state index in [0.717, 1.165) is 88.7 Å². The maximum absolute atomic E-state index is 6.79. The summed E-state index contributed by atoms with van der Waals surface area (Å²) in [6.45, 7) is 0. The van der Waals surface area contributed by atoms with E-state index in [1.807, 2.05) is 66.7 Å². The second-order valence-corrected chi connectivity index (χ2v) is 13.5. The van der Waals surface area contributed by atoms with Crippen molar-refractivity contribution in [2.75, 3.05) is 4.90 Å². The molecule has 0 radical (unpaired) electrons. The van der Waals surface area contributed by atoms with Crippen LogP contribution < -0.4 is 4.90 Å². The quantitative estimate of drug-likeness (QED) is 0.173. The smallest absolute Gasteiger partial charge is 0.227 e. The normalized spacial score (nSPS) is 11.7. The van der Waals surface area contributed by atoms with E-state index in [4.69, 9.17) is 18.2 Å². The summed E-state index contributed by atoms with van der Waals surface area (Å²) in [5, 5.41) is 4.07. The molecule has 0 N–H and O–H groups in total. The van der Waals surface area contributed by atoms with Crippen molar-refractivity contribution in [1.82, 2.24) is 4.98 Å². The maximum atomic E-state index is 6.79. The van der Waals surface area contributed by atoms with Gasteiger partial charge in [0.2, 0.25) is 5.89 Å². The van der Waals surface area contributed by atoms with E-state index in [2.05, 4.69) is 120 Å². The lowest BCUT2D eigenvalue weighted by Crippen LogP contribution is -2.10. The predicted octanol–water partition coefficient (Wildman–Crippen LogP) is 14.1. The monoisotopic (exact) mass is 694 g/mol. The van der Waals surface area contributed by atoms with Crippen molar-refractivity contribution in [1.29, 1.82) is 0 Å². The molecule has 5 heteroatoms. The van der Waals surface area contributed by atoms with Gasteiger partial charge in [-0.25, -0.2) is 4.98 Å². The van der Waals surface area contributed by atoms with E-state index in [1.165, 1.54) is 5.56 Å². The zero-order valence-electron chi connectivity index (χ0n) is 28.9. The number of nitrogens with zero attached hydrogens (tertiary/aromatic N) is 2. The summed E-state index contributed by atoms with van der Waals surface area (Å²) < 4.78 is 19.6. The Balaban J connectivity index is 1.12. The van der Waals surface area contributed by atoms with Gasteiger partial charge in [0.15, 0.2) is 11.2 Å². The van der Waals surface area contributed by atoms with Crippen LogP contribution in [0.3, 0.4) is 0 Å². The van der Waals surface area contributed by atoms with E-state index in [0.29, 0.717) is 11.5 Å². The Morgan fingerprint density at radius 1 is 0.389 bits per heavy atom. The number of benzene rings is 8. The first kappa shape index (κ1) is 30.3. The molecule has 0 saturated carbocycles. The average molecular weight is 695 g/mol. The molecule has 3 heterocycles. The van der Waals surface area contributed by atoms with Crippen LogP contribution in [0.15, 0.2) is 195 Å². The molecule has 11 rings (SSSR count). The van der Waals surface area contributed by atoms with E-state index in [9.17, 15) is 0 Å². The van der Waals surface area contributed by atoms with Gasteiger partial charge >= 0.3 is 0 Å². The van der Waals surface area contributed by atoms with E-state index < -0.39 is 0 Å². The predicted molar refractivity (Wildman–Crippen MR) is 220 cm³/mol. The van der Waals surface area contributed by atoms with Gasteiger partial charge in [0.25, 0.3) is 0 Å². The summed E-state index contributed by atoms with van der Waals surface area (Å²) in [5.41, 5.74) is 13.1. The van der Waals surface area contributed by atoms with E-state index >= 15 is 0 Å². The fraction of sp³-hybridized carbons (Fsp3) is 0. The zero-order chi connectivity index (χ0) is 35.6. The van der Waals surface area contributed by atoms with Crippen LogP contribution >= 0.6 is 0 Å². The minimum Gasteiger partial charge on any atom is -0.456 e. The van der Waals surface area contributed by atoms with Crippen LogP contribution in [-0.2, 0) is 0 Å². The second kappa shape index (κ2) is 12.1. The van der Waals surface area contributed by atoms with Gasteiger partial charge in [0, 0.05) is 33.1 Å². The van der Waals surface area contributed by atoms with Crippen LogP contribution in [-0.4, -0.2) is 4.98 Å². The average Bonchev–Trinajstić information content (AvgIpc) is 3.96.